The summed E-state index contributed by atoms with van der Waals surface area (Å²) in [4.78, 5) is 122. The molecule has 10 aliphatic rings. The van der Waals surface area contributed by atoms with E-state index in [1.165, 1.54) is 60.7 Å². The fraction of sp³-hybridized carbons (Fsp3) is 0.525. The van der Waals surface area contributed by atoms with Crippen LogP contribution in [0.2, 0.25) is 10.0 Å². The Labute approximate surface area is 639 Å². The molecule has 29 heteroatoms. The van der Waals surface area contributed by atoms with Gasteiger partial charge in [0.05, 0.1) is 34.1 Å². The van der Waals surface area contributed by atoms with Gasteiger partial charge in [-0.25, -0.2) is 0 Å². The molecule has 5 fully saturated rings. The number of hydrogen-bond acceptors (Lipinski definition) is 22. The van der Waals surface area contributed by atoms with E-state index in [0.717, 1.165) is 69.9 Å². The summed E-state index contributed by atoms with van der Waals surface area (Å²) in [6.45, 7) is 7.02. The van der Waals surface area contributed by atoms with Crippen molar-refractivity contribution in [3.05, 3.63) is 116 Å². The predicted molar refractivity (Wildman–Crippen MR) is 395 cm³/mol. The number of primary amides is 1. The second kappa shape index (κ2) is 34.0. The van der Waals surface area contributed by atoms with E-state index in [1.807, 2.05) is 13.8 Å². The van der Waals surface area contributed by atoms with Crippen LogP contribution in [-0.2, 0) is 49.6 Å². The van der Waals surface area contributed by atoms with E-state index < -0.39 is 192 Å². The summed E-state index contributed by atoms with van der Waals surface area (Å²) in [5.41, 5.74) is 4.48. The third kappa shape index (κ3) is 17.2. The Morgan fingerprint density at radius 1 is 0.670 bits per heavy atom. The lowest BCUT2D eigenvalue weighted by Gasteiger charge is -2.54. The molecule has 0 spiro atoms. The molecule has 15 rings (SSSR count). The first-order valence-corrected chi connectivity index (χ1v) is 38.4. The normalized spacial score (nSPS) is 29.1. The molecule has 4 saturated carbocycles. The Kier molecular flexibility index (Phi) is 25.0. The van der Waals surface area contributed by atoms with E-state index in [4.69, 9.17) is 47.9 Å². The largest absolute Gasteiger partial charge is 0.507 e. The average molecular weight is 1550 g/mol. The summed E-state index contributed by atoms with van der Waals surface area (Å²) in [6, 6.07) is 6.80. The number of aliphatic hydroxyl groups is 6. The molecule has 14 atom stereocenters. The van der Waals surface area contributed by atoms with Gasteiger partial charge in [0.15, 0.2) is 28.8 Å². The lowest BCUT2D eigenvalue weighted by atomic mass is 9.51. The second-order valence-corrected chi connectivity index (χ2v) is 31.8. The highest BCUT2D eigenvalue weighted by Gasteiger charge is 2.51. The number of aromatic hydroxyl groups is 3. The molecule has 5 amide bonds. The molecule has 1 saturated heterocycles. The maximum Gasteiger partial charge on any atom is 0.246 e. The fourth-order valence-electron chi connectivity index (χ4n) is 17.4. The van der Waals surface area contributed by atoms with Crippen LogP contribution in [0.4, 0.5) is 0 Å². The number of rotatable bonds is 20. The summed E-state index contributed by atoms with van der Waals surface area (Å²) in [6.07, 6.45) is -7.58. The maximum atomic E-state index is 16.4. The Morgan fingerprint density at radius 2 is 1.31 bits per heavy atom. The number of ketones is 3. The number of halogens is 2. The summed E-state index contributed by atoms with van der Waals surface area (Å²) < 4.78 is 25.5. The van der Waals surface area contributed by atoms with Crippen LogP contribution in [0.3, 0.4) is 0 Å². The number of nitrogens with two attached hydrogens (primary N) is 1. The monoisotopic (exact) mass is 1550 g/mol. The van der Waals surface area contributed by atoms with Crippen molar-refractivity contribution in [2.24, 2.45) is 53.1 Å². The summed E-state index contributed by atoms with van der Waals surface area (Å²) in [5, 5.41) is 120. The smallest absolute Gasteiger partial charge is 0.246 e. The van der Waals surface area contributed by atoms with E-state index in [0.29, 0.717) is 31.2 Å². The Balaban J connectivity index is 1.07. The number of phenolic OH excluding ortho intramolecular Hbond substituents is 3. The van der Waals surface area contributed by atoms with Crippen molar-refractivity contribution in [1.82, 2.24) is 26.6 Å². The minimum absolute atomic E-state index is 0.00419. The quantitative estimate of drug-likeness (QED) is 0.0329. The molecule has 4 aliphatic carbocycles. The van der Waals surface area contributed by atoms with Gasteiger partial charge >= 0.3 is 0 Å². The van der Waals surface area contributed by atoms with Crippen LogP contribution in [0.25, 0.3) is 11.1 Å². The number of carbonyl (C=O) groups excluding carboxylic acids is 8. The van der Waals surface area contributed by atoms with Crippen molar-refractivity contribution in [2.45, 2.75) is 204 Å². The highest BCUT2D eigenvalue weighted by atomic mass is 35.5. The third-order valence-corrected chi connectivity index (χ3v) is 23.5. The predicted octanol–water partition coefficient (Wildman–Crippen LogP) is 7.90. The SMILES string of the molecule is CCCCCCNCc1c(O)cc2c(c1O)-c1cc(ccc1O)[C@H]1CC(=O)[C@@H]3NC(=O)[C@H](CC(N)=O)CC(=O)[C@H](NC(=O)[C@H](CC)CC(C)C)[C@H](O)c4ccc(c(Cl)c4)Oc4cc3cc(c4O[C@@H]3O[C@H](CO)[C@@H](O)[C@H](O)[C@H]3O)Oc3ccc(cc3Cl)[C@@H](O)[C@H](NC1=O)C(=O)N[C@@H]2C(=O)CC1C2CC3CC(C2)CC1C3. The molecule has 6 heterocycles. The van der Waals surface area contributed by atoms with Gasteiger partial charge in [-0.05, 0) is 176 Å². The van der Waals surface area contributed by atoms with Crippen molar-refractivity contribution in [3.63, 3.8) is 0 Å². The molecule has 6 aliphatic heterocycles. The number of amides is 5. The molecule has 27 nitrogen and oxygen atoms in total. The van der Waals surface area contributed by atoms with E-state index in [1.54, 1.807) is 6.92 Å². The third-order valence-electron chi connectivity index (χ3n) is 23.0. The van der Waals surface area contributed by atoms with Gasteiger partial charge in [-0.2, -0.15) is 0 Å². The maximum absolute atomic E-state index is 16.4. The molecule has 5 aromatic carbocycles. The van der Waals surface area contributed by atoms with Gasteiger partial charge in [0.25, 0.3) is 0 Å². The molecule has 16 N–H and O–H groups in total. The number of Topliss-reactive ketones (excluding diaryl/α,β-unsaturated/α-hetero) is 3. The van der Waals surface area contributed by atoms with Gasteiger partial charge in [0, 0.05) is 49.3 Å². The molecular weight excluding hydrogens is 1450 g/mol. The number of fused-ring (bicyclic) bond motifs is 15. The minimum atomic E-state index is -2.13. The number of unbranched alkanes of at least 4 members (excludes halogenated alkanes) is 3. The first-order valence-electron chi connectivity index (χ1n) is 37.7. The standard InChI is InChI=1S/C80H96Cl2N6O21/c1-5-7-8-9-16-84-33-50-54(91)32-49-64(71(50)98)48-23-39(10-13-53(48)90)47-31-56(93)65-44-27-60(106-58-14-11-40(24-51(58)81)69(96)67(87-76(102)38(6-2)17-35(3)4)55(92)26-45(29-63(83)95)77(103)85-65)75(109-80-74(101)73(100)72(99)62(34-89)108-80)61(28-44)107-59-15-12-41(25-52(59)82)70(97)68(88-78(47)104)79(105)86-66(49)57(94)30-46-42-19-36-18-37(21-42)22-43(46)20-36/h10-15,23-25,27-28,32,35-38,42-43,45-47,62,65-70,72-74,80,84,89-91,96-101H,5-9,16-22,26,29-31,33-34H2,1-4H3,(H2,83,95)(H,85,103)(H,86,105)(H,87,102)(H,88,104)/t36?,37?,38-,42?,43?,45+,46?,47-,62-,65-,66+,67+,68+,69-,70-,72-,73+,74-,80+/m1/s1. The zero-order valence-electron chi connectivity index (χ0n) is 61.0. The summed E-state index contributed by atoms with van der Waals surface area (Å²) >= 11 is 14.3. The van der Waals surface area contributed by atoms with Gasteiger partial charge in [0.1, 0.15) is 89.5 Å². The summed E-state index contributed by atoms with van der Waals surface area (Å²) in [5.74, 6) is -14.9. The van der Waals surface area contributed by atoms with Crippen LogP contribution in [0.15, 0.2) is 72.8 Å². The van der Waals surface area contributed by atoms with Crippen molar-refractivity contribution < 1.29 is 103 Å². The Morgan fingerprint density at radius 3 is 1.92 bits per heavy atom. The number of benzene rings is 5. The Bertz CT molecular complexity index is 4280. The molecular formula is C80H96Cl2N6O21. The van der Waals surface area contributed by atoms with Crippen LogP contribution in [0.5, 0.6) is 46.0 Å². The number of phenols is 3. The number of carbonyl (C=O) groups is 8. The van der Waals surface area contributed by atoms with E-state index in [-0.39, 0.29) is 103 Å². The van der Waals surface area contributed by atoms with Crippen molar-refractivity contribution in [3.8, 4) is 57.1 Å². The zero-order valence-corrected chi connectivity index (χ0v) is 62.5. The molecule has 0 radical (unpaired) electrons. The van der Waals surface area contributed by atoms with Crippen LogP contribution < -0.4 is 46.5 Å². The van der Waals surface area contributed by atoms with Gasteiger partial charge in [-0.3, -0.25) is 38.4 Å². The minimum Gasteiger partial charge on any atom is -0.507 e. The number of nitrogens with one attached hydrogen (secondary N) is 5. The van der Waals surface area contributed by atoms with Crippen molar-refractivity contribution >= 4 is 70.1 Å². The van der Waals surface area contributed by atoms with Gasteiger partial charge < -0.3 is 97.2 Å². The second-order valence-electron chi connectivity index (χ2n) is 31.0. The van der Waals surface area contributed by atoms with Gasteiger partial charge in [-0.15, -0.1) is 0 Å². The van der Waals surface area contributed by atoms with E-state index in [9.17, 15) is 55.5 Å². The molecule has 0 aromatic heterocycles. The number of ether oxygens (including phenoxy) is 4. The van der Waals surface area contributed by atoms with Crippen LogP contribution >= 0.6 is 23.2 Å². The van der Waals surface area contributed by atoms with Crippen molar-refractivity contribution in [2.75, 3.05) is 13.2 Å². The molecule has 0 unspecified atom stereocenters. The summed E-state index contributed by atoms with van der Waals surface area (Å²) in [7, 11) is 0. The average Bonchev–Trinajstić information content (AvgIpc) is 0.755. The highest BCUT2D eigenvalue weighted by Crippen LogP contribution is 2.58. The topological polar surface area (TPSA) is 442 Å². The number of aliphatic hydroxyl groups excluding tert-OH is 6. The van der Waals surface area contributed by atoms with E-state index in [2.05, 4.69) is 33.5 Å². The van der Waals surface area contributed by atoms with Crippen molar-refractivity contribution in [1.29, 1.82) is 0 Å². The first-order chi connectivity index (χ1) is 52.0. The first kappa shape index (κ1) is 80.1. The number of hydrogen-bond donors (Lipinski definition) is 15. The molecule has 109 heavy (non-hydrogen) atoms. The molecule has 15 bridgehead atoms. The molecule has 5 aromatic rings. The fourth-order valence-corrected chi connectivity index (χ4v) is 17.8. The van der Waals surface area contributed by atoms with Gasteiger partial charge in [0.2, 0.25) is 41.6 Å². The zero-order chi connectivity index (χ0) is 78.1. The Hall–Kier alpha value is -8.48. The molecule has 586 valence electrons. The lowest BCUT2D eigenvalue weighted by molar-refractivity contribution is -0.277. The van der Waals surface area contributed by atoms with Crippen LogP contribution in [-0.4, -0.2) is 149 Å². The lowest BCUT2D eigenvalue weighted by Crippen LogP contribution is -2.60. The van der Waals surface area contributed by atoms with Crippen LogP contribution in [0.1, 0.15) is 188 Å². The highest BCUT2D eigenvalue weighted by molar-refractivity contribution is 6.32. The van der Waals surface area contributed by atoms with E-state index >= 15 is 28.8 Å². The van der Waals surface area contributed by atoms with Gasteiger partial charge in [-0.1, -0.05) is 88.4 Å². The van der Waals surface area contributed by atoms with Crippen LogP contribution in [0, 0.1) is 47.3 Å².